The number of carbonyl (C=O) groups excluding carboxylic acids is 1. The maximum absolute atomic E-state index is 12.2. The Bertz CT molecular complexity index is 562. The topological polar surface area (TPSA) is 58.2 Å². The third-order valence-electron chi connectivity index (χ3n) is 3.00. The van der Waals surface area contributed by atoms with Crippen molar-refractivity contribution in [3.63, 3.8) is 0 Å². The van der Waals surface area contributed by atoms with Gasteiger partial charge in [0.2, 0.25) is 0 Å². The molecule has 96 valence electrons. The Kier molecular flexibility index (Phi) is 3.62. The number of hydrogen-bond acceptors (Lipinski definition) is 4. The van der Waals surface area contributed by atoms with E-state index in [1.165, 1.54) is 0 Å². The standard InChI is InChI=1S/C13H17N3O2/c1-4-16(2)8-12(17)11-7-15-13-10(11)5-9(18-3)6-14-13/h5-7H,4,8H2,1-3H3,(H,14,15). The Morgan fingerprint density at radius 2 is 2.33 bits per heavy atom. The van der Waals surface area contributed by atoms with E-state index in [0.29, 0.717) is 23.5 Å². The Hall–Kier alpha value is -1.88. The molecule has 0 aromatic carbocycles. The predicted molar refractivity (Wildman–Crippen MR) is 70.1 cm³/mol. The van der Waals surface area contributed by atoms with Crippen molar-refractivity contribution in [3.05, 3.63) is 24.0 Å². The van der Waals surface area contributed by atoms with Crippen LogP contribution in [0.3, 0.4) is 0 Å². The Morgan fingerprint density at radius 1 is 1.56 bits per heavy atom. The first-order valence-corrected chi connectivity index (χ1v) is 5.88. The van der Waals surface area contributed by atoms with Gasteiger partial charge in [0.1, 0.15) is 11.4 Å². The molecular weight excluding hydrogens is 230 g/mol. The van der Waals surface area contributed by atoms with Crippen LogP contribution in [0, 0.1) is 0 Å². The number of fused-ring (bicyclic) bond motifs is 1. The van der Waals surface area contributed by atoms with Gasteiger partial charge in [-0.3, -0.25) is 9.69 Å². The molecule has 5 heteroatoms. The van der Waals surface area contributed by atoms with E-state index in [1.807, 2.05) is 24.9 Å². The monoisotopic (exact) mass is 247 g/mol. The molecule has 2 aromatic heterocycles. The van der Waals surface area contributed by atoms with Crippen LogP contribution in [0.5, 0.6) is 5.75 Å². The van der Waals surface area contributed by atoms with Crippen LogP contribution in [0.25, 0.3) is 11.0 Å². The average Bonchev–Trinajstić information content (AvgIpc) is 2.81. The van der Waals surface area contributed by atoms with Crippen LogP contribution in [0.1, 0.15) is 17.3 Å². The fourth-order valence-corrected chi connectivity index (χ4v) is 1.77. The van der Waals surface area contributed by atoms with Crippen LogP contribution in [0.2, 0.25) is 0 Å². The second kappa shape index (κ2) is 5.18. The third kappa shape index (κ3) is 2.36. The van der Waals surface area contributed by atoms with Crippen LogP contribution in [0.15, 0.2) is 18.5 Å². The van der Waals surface area contributed by atoms with E-state index in [4.69, 9.17) is 4.74 Å². The zero-order valence-electron chi connectivity index (χ0n) is 10.9. The average molecular weight is 247 g/mol. The number of pyridine rings is 1. The van der Waals surface area contributed by atoms with Gasteiger partial charge in [-0.15, -0.1) is 0 Å². The van der Waals surface area contributed by atoms with Gasteiger partial charge >= 0.3 is 0 Å². The predicted octanol–water partition coefficient (Wildman–Crippen LogP) is 1.71. The molecule has 0 atom stereocenters. The van der Waals surface area contributed by atoms with Crippen LogP contribution in [-0.4, -0.2) is 47.9 Å². The van der Waals surface area contributed by atoms with Crippen LogP contribution in [0.4, 0.5) is 0 Å². The van der Waals surface area contributed by atoms with Gasteiger partial charge < -0.3 is 9.72 Å². The van der Waals surface area contributed by atoms with E-state index in [-0.39, 0.29) is 5.78 Å². The summed E-state index contributed by atoms with van der Waals surface area (Å²) in [6.07, 6.45) is 3.34. The first-order chi connectivity index (χ1) is 8.65. The molecule has 2 heterocycles. The summed E-state index contributed by atoms with van der Waals surface area (Å²) in [6, 6.07) is 1.83. The number of hydrogen-bond donors (Lipinski definition) is 1. The highest BCUT2D eigenvalue weighted by Crippen LogP contribution is 2.21. The molecule has 5 nitrogen and oxygen atoms in total. The number of aromatic amines is 1. The summed E-state index contributed by atoms with van der Waals surface area (Å²) in [5.74, 6) is 0.737. The molecule has 1 N–H and O–H groups in total. The smallest absolute Gasteiger partial charge is 0.179 e. The summed E-state index contributed by atoms with van der Waals surface area (Å²) in [7, 11) is 3.51. The molecule has 0 aliphatic carbocycles. The van der Waals surface area contributed by atoms with Crippen molar-refractivity contribution in [2.24, 2.45) is 0 Å². The Balaban J connectivity index is 2.35. The number of aromatic nitrogens is 2. The van der Waals surface area contributed by atoms with Crippen molar-refractivity contribution < 1.29 is 9.53 Å². The number of carbonyl (C=O) groups is 1. The van der Waals surface area contributed by atoms with E-state index >= 15 is 0 Å². The first kappa shape index (κ1) is 12.6. The highest BCUT2D eigenvalue weighted by Gasteiger charge is 2.14. The van der Waals surface area contributed by atoms with E-state index in [0.717, 1.165) is 11.9 Å². The maximum atomic E-state index is 12.2. The van der Waals surface area contributed by atoms with Gasteiger partial charge in [0.15, 0.2) is 5.78 Å². The fraction of sp³-hybridized carbons (Fsp3) is 0.385. The highest BCUT2D eigenvalue weighted by atomic mass is 16.5. The molecule has 0 saturated carbocycles. The quantitative estimate of drug-likeness (QED) is 0.817. The molecule has 0 aliphatic heterocycles. The molecule has 0 aliphatic rings. The normalized spacial score (nSPS) is 11.1. The molecule has 0 unspecified atom stereocenters. The molecule has 0 spiro atoms. The van der Waals surface area contributed by atoms with Gasteiger partial charge in [-0.1, -0.05) is 6.92 Å². The minimum atomic E-state index is 0.0839. The number of nitrogens with one attached hydrogen (secondary N) is 1. The number of methoxy groups -OCH3 is 1. The van der Waals surface area contributed by atoms with Crippen LogP contribution < -0.4 is 4.74 Å². The minimum Gasteiger partial charge on any atom is -0.495 e. The lowest BCUT2D eigenvalue weighted by molar-refractivity contribution is 0.0950. The summed E-state index contributed by atoms with van der Waals surface area (Å²) in [5.41, 5.74) is 1.37. The van der Waals surface area contributed by atoms with Gasteiger partial charge in [-0.25, -0.2) is 4.98 Å². The van der Waals surface area contributed by atoms with Crippen molar-refractivity contribution in [2.75, 3.05) is 27.2 Å². The molecule has 2 aromatic rings. The largest absolute Gasteiger partial charge is 0.495 e. The van der Waals surface area contributed by atoms with Crippen molar-refractivity contribution in [1.29, 1.82) is 0 Å². The molecular formula is C13H17N3O2. The second-order valence-electron chi connectivity index (χ2n) is 4.23. The molecule has 0 saturated heterocycles. The van der Waals surface area contributed by atoms with Crippen molar-refractivity contribution >= 4 is 16.8 Å². The maximum Gasteiger partial charge on any atom is 0.179 e. The lowest BCUT2D eigenvalue weighted by atomic mass is 10.1. The Labute approximate surface area is 106 Å². The molecule has 18 heavy (non-hydrogen) atoms. The van der Waals surface area contributed by atoms with E-state index in [2.05, 4.69) is 9.97 Å². The summed E-state index contributed by atoms with van der Waals surface area (Å²) in [4.78, 5) is 21.3. The lowest BCUT2D eigenvalue weighted by Gasteiger charge is -2.11. The number of ether oxygens (including phenoxy) is 1. The molecule has 0 bridgehead atoms. The number of rotatable bonds is 5. The van der Waals surface area contributed by atoms with Crippen molar-refractivity contribution in [3.8, 4) is 5.75 Å². The highest BCUT2D eigenvalue weighted by molar-refractivity contribution is 6.08. The van der Waals surface area contributed by atoms with Crippen molar-refractivity contribution in [1.82, 2.24) is 14.9 Å². The number of nitrogens with zero attached hydrogens (tertiary/aromatic N) is 2. The SMILES string of the molecule is CCN(C)CC(=O)c1c[nH]c2ncc(OC)cc12. The lowest BCUT2D eigenvalue weighted by Crippen LogP contribution is -2.25. The summed E-state index contributed by atoms with van der Waals surface area (Å²) < 4.78 is 5.13. The number of H-pyrrole nitrogens is 1. The summed E-state index contributed by atoms with van der Waals surface area (Å²) >= 11 is 0. The number of Topliss-reactive ketones (excluding diaryl/α,β-unsaturated/α-hetero) is 1. The van der Waals surface area contributed by atoms with Gasteiger partial charge in [0.05, 0.1) is 19.9 Å². The minimum absolute atomic E-state index is 0.0839. The fourth-order valence-electron chi connectivity index (χ4n) is 1.77. The van der Waals surface area contributed by atoms with Crippen LogP contribution >= 0.6 is 0 Å². The van der Waals surface area contributed by atoms with Gasteiger partial charge in [-0.05, 0) is 19.7 Å². The molecule has 2 rings (SSSR count). The first-order valence-electron chi connectivity index (χ1n) is 5.88. The van der Waals surface area contributed by atoms with Crippen LogP contribution in [-0.2, 0) is 0 Å². The van der Waals surface area contributed by atoms with Gasteiger partial charge in [0, 0.05) is 17.1 Å². The molecule has 0 amide bonds. The van der Waals surface area contributed by atoms with E-state index in [1.54, 1.807) is 19.5 Å². The Morgan fingerprint density at radius 3 is 3.00 bits per heavy atom. The zero-order valence-corrected chi connectivity index (χ0v) is 10.9. The van der Waals surface area contributed by atoms with Gasteiger partial charge in [-0.2, -0.15) is 0 Å². The summed E-state index contributed by atoms with van der Waals surface area (Å²) in [5, 5.41) is 0.809. The van der Waals surface area contributed by atoms with Crippen molar-refractivity contribution in [2.45, 2.75) is 6.92 Å². The third-order valence-corrected chi connectivity index (χ3v) is 3.00. The molecule has 0 radical (unpaired) electrons. The summed E-state index contributed by atoms with van der Waals surface area (Å²) in [6.45, 7) is 3.27. The molecule has 0 fully saturated rings. The van der Waals surface area contributed by atoms with Gasteiger partial charge in [0.25, 0.3) is 0 Å². The second-order valence-corrected chi connectivity index (χ2v) is 4.23. The number of ketones is 1. The van der Waals surface area contributed by atoms with E-state index in [9.17, 15) is 4.79 Å². The van der Waals surface area contributed by atoms with E-state index < -0.39 is 0 Å². The zero-order chi connectivity index (χ0) is 13.1. The number of likely N-dealkylation sites (N-methyl/N-ethyl adjacent to an activating group) is 1.